The third kappa shape index (κ3) is 2.57. The van der Waals surface area contributed by atoms with E-state index in [1.807, 2.05) is 35.9 Å². The average Bonchev–Trinajstić information content (AvgIpc) is 2.77. The second kappa shape index (κ2) is 5.55. The first-order valence-electron chi connectivity index (χ1n) is 6.16. The molecule has 3 nitrogen and oxygen atoms in total. The van der Waals surface area contributed by atoms with Crippen LogP contribution >= 0.6 is 11.6 Å². The fraction of sp³-hybridized carbons (Fsp3) is 0.357. The summed E-state index contributed by atoms with van der Waals surface area (Å²) in [6.07, 6.45) is 2.84. The average molecular weight is 264 g/mol. The normalized spacial score (nSPS) is 12.7. The minimum Gasteiger partial charge on any atom is -0.319 e. The largest absolute Gasteiger partial charge is 0.319 e. The molecule has 1 aromatic heterocycles. The lowest BCUT2D eigenvalue weighted by Crippen LogP contribution is -2.18. The van der Waals surface area contributed by atoms with Gasteiger partial charge in [-0.1, -0.05) is 24.6 Å². The number of hydrogen-bond acceptors (Lipinski definition) is 2. The summed E-state index contributed by atoms with van der Waals surface area (Å²) in [5, 5.41) is 5.05. The Morgan fingerprint density at radius 2 is 2.17 bits per heavy atom. The molecule has 0 aliphatic carbocycles. The van der Waals surface area contributed by atoms with Crippen molar-refractivity contribution in [3.8, 4) is 0 Å². The number of nitrogens with two attached hydrogens (primary N) is 1. The molecule has 0 fully saturated rings. The van der Waals surface area contributed by atoms with E-state index < -0.39 is 0 Å². The van der Waals surface area contributed by atoms with Crippen molar-refractivity contribution in [2.24, 2.45) is 5.73 Å². The molecule has 18 heavy (non-hydrogen) atoms. The summed E-state index contributed by atoms with van der Waals surface area (Å²) in [5.74, 6) is 0. The molecule has 0 aliphatic rings. The SMILES string of the molecule is CCCn1nccc1C(N)c1ccc(Cl)cc1C. The molecule has 0 aliphatic heterocycles. The van der Waals surface area contributed by atoms with Gasteiger partial charge in [-0.15, -0.1) is 0 Å². The maximum absolute atomic E-state index is 6.34. The van der Waals surface area contributed by atoms with Crippen molar-refractivity contribution in [2.45, 2.75) is 32.9 Å². The number of nitrogens with zero attached hydrogens (tertiary/aromatic N) is 2. The zero-order chi connectivity index (χ0) is 13.1. The van der Waals surface area contributed by atoms with Gasteiger partial charge in [0.2, 0.25) is 0 Å². The molecule has 0 spiro atoms. The molecule has 1 unspecified atom stereocenters. The zero-order valence-corrected chi connectivity index (χ0v) is 11.5. The topological polar surface area (TPSA) is 43.8 Å². The van der Waals surface area contributed by atoms with E-state index in [4.69, 9.17) is 17.3 Å². The Balaban J connectivity index is 2.35. The lowest BCUT2D eigenvalue weighted by molar-refractivity contribution is 0.559. The van der Waals surface area contributed by atoms with Crippen molar-refractivity contribution >= 4 is 11.6 Å². The van der Waals surface area contributed by atoms with Crippen LogP contribution < -0.4 is 5.73 Å². The number of hydrogen-bond donors (Lipinski definition) is 1. The summed E-state index contributed by atoms with van der Waals surface area (Å²) in [4.78, 5) is 0. The highest BCUT2D eigenvalue weighted by atomic mass is 35.5. The van der Waals surface area contributed by atoms with Crippen molar-refractivity contribution in [1.82, 2.24) is 9.78 Å². The van der Waals surface area contributed by atoms with Gasteiger partial charge in [-0.2, -0.15) is 5.10 Å². The first-order chi connectivity index (χ1) is 8.63. The van der Waals surface area contributed by atoms with Crippen LogP contribution in [0.4, 0.5) is 0 Å². The van der Waals surface area contributed by atoms with Crippen LogP contribution in [0.15, 0.2) is 30.5 Å². The number of halogens is 1. The lowest BCUT2D eigenvalue weighted by Gasteiger charge is -2.16. The fourth-order valence-electron chi connectivity index (χ4n) is 2.15. The third-order valence-electron chi connectivity index (χ3n) is 3.07. The van der Waals surface area contributed by atoms with Gasteiger partial charge < -0.3 is 5.73 Å². The summed E-state index contributed by atoms with van der Waals surface area (Å²) in [5.41, 5.74) is 9.59. The van der Waals surface area contributed by atoms with E-state index in [1.54, 1.807) is 6.20 Å². The summed E-state index contributed by atoms with van der Waals surface area (Å²) in [6.45, 7) is 5.05. The second-order valence-corrected chi connectivity index (χ2v) is 4.89. The molecule has 0 saturated heterocycles. The van der Waals surface area contributed by atoms with E-state index in [1.165, 1.54) is 0 Å². The van der Waals surface area contributed by atoms with Crippen LogP contribution in [-0.2, 0) is 6.54 Å². The molecule has 96 valence electrons. The summed E-state index contributed by atoms with van der Waals surface area (Å²) in [7, 11) is 0. The van der Waals surface area contributed by atoms with Crippen LogP contribution in [0.5, 0.6) is 0 Å². The van der Waals surface area contributed by atoms with Gasteiger partial charge in [-0.05, 0) is 42.7 Å². The summed E-state index contributed by atoms with van der Waals surface area (Å²) in [6, 6.07) is 7.64. The van der Waals surface area contributed by atoms with E-state index in [2.05, 4.69) is 12.0 Å². The van der Waals surface area contributed by atoms with Gasteiger partial charge in [-0.25, -0.2) is 0 Å². The predicted octanol–water partition coefficient (Wildman–Crippen LogP) is 3.30. The van der Waals surface area contributed by atoms with Gasteiger partial charge in [0.1, 0.15) is 0 Å². The van der Waals surface area contributed by atoms with Crippen molar-refractivity contribution < 1.29 is 0 Å². The van der Waals surface area contributed by atoms with Crippen LogP contribution in [0, 0.1) is 6.92 Å². The molecule has 0 radical (unpaired) electrons. The van der Waals surface area contributed by atoms with Crippen LogP contribution in [-0.4, -0.2) is 9.78 Å². The summed E-state index contributed by atoms with van der Waals surface area (Å²) < 4.78 is 1.97. The maximum atomic E-state index is 6.34. The highest BCUT2D eigenvalue weighted by molar-refractivity contribution is 6.30. The van der Waals surface area contributed by atoms with Crippen molar-refractivity contribution in [2.75, 3.05) is 0 Å². The fourth-order valence-corrected chi connectivity index (χ4v) is 2.38. The highest BCUT2D eigenvalue weighted by Crippen LogP contribution is 2.24. The van der Waals surface area contributed by atoms with Gasteiger partial charge in [0.25, 0.3) is 0 Å². The highest BCUT2D eigenvalue weighted by Gasteiger charge is 2.15. The monoisotopic (exact) mass is 263 g/mol. The number of benzene rings is 1. The molecule has 0 bridgehead atoms. The molecule has 1 atom stereocenters. The molecule has 0 amide bonds. The van der Waals surface area contributed by atoms with Crippen LogP contribution in [0.25, 0.3) is 0 Å². The van der Waals surface area contributed by atoms with Gasteiger partial charge in [0.15, 0.2) is 0 Å². The Kier molecular flexibility index (Phi) is 4.04. The molecule has 0 saturated carbocycles. The molecular formula is C14H18ClN3. The number of aromatic nitrogens is 2. The zero-order valence-electron chi connectivity index (χ0n) is 10.7. The standard InChI is InChI=1S/C14H18ClN3/c1-3-8-18-13(6-7-17-18)14(16)12-5-4-11(15)9-10(12)2/h4-7,9,14H,3,8,16H2,1-2H3. The minimum absolute atomic E-state index is 0.156. The van der Waals surface area contributed by atoms with Crippen LogP contribution in [0.3, 0.4) is 0 Å². The Morgan fingerprint density at radius 1 is 1.39 bits per heavy atom. The quantitative estimate of drug-likeness (QED) is 0.920. The first-order valence-corrected chi connectivity index (χ1v) is 6.54. The van der Waals surface area contributed by atoms with Crippen molar-refractivity contribution in [1.29, 1.82) is 0 Å². The van der Waals surface area contributed by atoms with Crippen molar-refractivity contribution in [3.05, 3.63) is 52.3 Å². The molecular weight excluding hydrogens is 246 g/mol. The first kappa shape index (κ1) is 13.1. The van der Waals surface area contributed by atoms with Crippen molar-refractivity contribution in [3.63, 3.8) is 0 Å². The predicted molar refractivity (Wildman–Crippen MR) is 74.7 cm³/mol. The minimum atomic E-state index is -0.156. The number of rotatable bonds is 4. The molecule has 2 rings (SSSR count). The van der Waals surface area contributed by atoms with E-state index in [-0.39, 0.29) is 6.04 Å². The van der Waals surface area contributed by atoms with Gasteiger partial charge >= 0.3 is 0 Å². The van der Waals surface area contributed by atoms with Gasteiger partial charge in [0, 0.05) is 17.8 Å². The van der Waals surface area contributed by atoms with E-state index in [0.717, 1.165) is 34.8 Å². The molecule has 4 heteroatoms. The summed E-state index contributed by atoms with van der Waals surface area (Å²) >= 11 is 5.97. The third-order valence-corrected chi connectivity index (χ3v) is 3.31. The van der Waals surface area contributed by atoms with Crippen LogP contribution in [0.1, 0.15) is 36.2 Å². The maximum Gasteiger partial charge on any atom is 0.0725 e. The molecule has 2 N–H and O–H groups in total. The smallest absolute Gasteiger partial charge is 0.0725 e. The molecule has 2 aromatic rings. The Hall–Kier alpha value is -1.32. The van der Waals surface area contributed by atoms with E-state index >= 15 is 0 Å². The molecule has 1 aromatic carbocycles. The lowest BCUT2D eigenvalue weighted by atomic mass is 9.99. The number of aryl methyl sites for hydroxylation is 2. The Labute approximate surface area is 113 Å². The van der Waals surface area contributed by atoms with E-state index in [9.17, 15) is 0 Å². The van der Waals surface area contributed by atoms with E-state index in [0.29, 0.717) is 0 Å². The van der Waals surface area contributed by atoms with Gasteiger partial charge in [0.05, 0.1) is 11.7 Å². The second-order valence-electron chi connectivity index (χ2n) is 4.46. The Morgan fingerprint density at radius 3 is 2.83 bits per heavy atom. The van der Waals surface area contributed by atoms with Gasteiger partial charge in [-0.3, -0.25) is 4.68 Å². The Bertz CT molecular complexity index is 534. The molecule has 1 heterocycles. The van der Waals surface area contributed by atoms with Crippen LogP contribution in [0.2, 0.25) is 5.02 Å².